The van der Waals surface area contributed by atoms with E-state index in [-0.39, 0.29) is 5.78 Å². The zero-order chi connectivity index (χ0) is 16.1. The first kappa shape index (κ1) is 15.7. The fourth-order valence-electron chi connectivity index (χ4n) is 3.51. The number of ketones is 1. The molecule has 3 rings (SSSR count). The van der Waals surface area contributed by atoms with Gasteiger partial charge in [-0.2, -0.15) is 0 Å². The number of rotatable bonds is 6. The van der Waals surface area contributed by atoms with Crippen LogP contribution in [0, 0.1) is 5.41 Å². The molecule has 1 nitrogen and oxygen atoms in total. The molecule has 0 spiro atoms. The summed E-state index contributed by atoms with van der Waals surface area (Å²) in [4.78, 5) is 13.1. The van der Waals surface area contributed by atoms with E-state index in [1.165, 1.54) is 24.0 Å². The van der Waals surface area contributed by atoms with Gasteiger partial charge in [0, 0.05) is 5.56 Å². The average Bonchev–Trinajstić information content (AvgIpc) is 2.86. The number of fused-ring (bicyclic) bond motifs is 1. The van der Waals surface area contributed by atoms with Crippen LogP contribution in [-0.4, -0.2) is 5.78 Å². The van der Waals surface area contributed by atoms with Crippen molar-refractivity contribution in [3.8, 4) is 0 Å². The Kier molecular flexibility index (Phi) is 4.76. The van der Waals surface area contributed by atoms with E-state index in [0.29, 0.717) is 0 Å². The van der Waals surface area contributed by atoms with E-state index in [4.69, 9.17) is 0 Å². The van der Waals surface area contributed by atoms with Crippen molar-refractivity contribution in [2.24, 2.45) is 5.41 Å². The van der Waals surface area contributed by atoms with Crippen LogP contribution >= 0.6 is 0 Å². The van der Waals surface area contributed by atoms with Gasteiger partial charge in [-0.25, -0.2) is 0 Å². The molecule has 0 heterocycles. The molecule has 0 unspecified atom stereocenters. The second kappa shape index (κ2) is 6.95. The summed E-state index contributed by atoms with van der Waals surface area (Å²) in [5.74, 6) is 0.282. The Balaban J connectivity index is 1.92. The number of benzene rings is 2. The van der Waals surface area contributed by atoms with Crippen molar-refractivity contribution in [2.45, 2.75) is 39.0 Å². The van der Waals surface area contributed by atoms with Crippen LogP contribution in [0.15, 0.2) is 66.7 Å². The maximum Gasteiger partial charge on any atom is 0.173 e. The minimum atomic E-state index is -0.404. The summed E-state index contributed by atoms with van der Waals surface area (Å²) in [6, 6.07) is 18.5. The SMILES string of the molecule is CCCC/C=C/[C@]1(Cc2ccccc2)Cc2ccccc2C1=O. The molecule has 0 saturated carbocycles. The summed E-state index contributed by atoms with van der Waals surface area (Å²) in [6.45, 7) is 2.20. The van der Waals surface area contributed by atoms with Crippen LogP contribution in [0.25, 0.3) is 0 Å². The summed E-state index contributed by atoms with van der Waals surface area (Å²) >= 11 is 0. The molecule has 0 saturated heterocycles. The molecule has 23 heavy (non-hydrogen) atoms. The van der Waals surface area contributed by atoms with Crippen molar-refractivity contribution in [1.29, 1.82) is 0 Å². The lowest BCUT2D eigenvalue weighted by atomic mass is 9.77. The Bertz CT molecular complexity index is 699. The Morgan fingerprint density at radius 1 is 1.04 bits per heavy atom. The standard InChI is InChI=1S/C22H24O/c1-2-3-4-10-15-22(16-18-11-6-5-7-12-18)17-19-13-8-9-14-20(19)21(22)23/h5-15H,2-4,16-17H2,1H3/b15-10+/t22-/m0/s1. The lowest BCUT2D eigenvalue weighted by Gasteiger charge is -2.24. The molecule has 0 fully saturated rings. The van der Waals surface area contributed by atoms with Crippen molar-refractivity contribution in [3.63, 3.8) is 0 Å². The second-order valence-corrected chi connectivity index (χ2v) is 6.53. The molecule has 0 amide bonds. The Morgan fingerprint density at radius 2 is 1.78 bits per heavy atom. The summed E-state index contributed by atoms with van der Waals surface area (Å²) < 4.78 is 0. The largest absolute Gasteiger partial charge is 0.293 e. The fraction of sp³-hybridized carbons (Fsp3) is 0.318. The number of hydrogen-bond donors (Lipinski definition) is 0. The van der Waals surface area contributed by atoms with Gasteiger partial charge in [-0.05, 0) is 30.4 Å². The van der Waals surface area contributed by atoms with E-state index in [1.807, 2.05) is 24.3 Å². The van der Waals surface area contributed by atoms with Gasteiger partial charge >= 0.3 is 0 Å². The number of carbonyl (C=O) groups excluding carboxylic acids is 1. The lowest BCUT2D eigenvalue weighted by molar-refractivity contribution is 0.0874. The predicted molar refractivity (Wildman–Crippen MR) is 95.7 cm³/mol. The molecular formula is C22H24O. The number of hydrogen-bond acceptors (Lipinski definition) is 1. The zero-order valence-corrected chi connectivity index (χ0v) is 13.8. The van der Waals surface area contributed by atoms with Gasteiger partial charge in [0.25, 0.3) is 0 Å². The molecule has 118 valence electrons. The van der Waals surface area contributed by atoms with Crippen molar-refractivity contribution in [3.05, 3.63) is 83.4 Å². The first-order chi connectivity index (χ1) is 11.2. The van der Waals surface area contributed by atoms with Crippen molar-refractivity contribution >= 4 is 5.78 Å². The first-order valence-electron chi connectivity index (χ1n) is 8.59. The maximum absolute atomic E-state index is 13.1. The highest BCUT2D eigenvalue weighted by Crippen LogP contribution is 2.41. The highest BCUT2D eigenvalue weighted by Gasteiger charge is 2.43. The van der Waals surface area contributed by atoms with Crippen LogP contribution in [0.4, 0.5) is 0 Å². The smallest absolute Gasteiger partial charge is 0.173 e. The minimum absolute atomic E-state index is 0.282. The van der Waals surface area contributed by atoms with Crippen LogP contribution in [0.2, 0.25) is 0 Å². The summed E-state index contributed by atoms with van der Waals surface area (Å²) in [6.07, 6.45) is 9.43. The van der Waals surface area contributed by atoms with Gasteiger partial charge in [0.05, 0.1) is 5.41 Å². The topological polar surface area (TPSA) is 17.1 Å². The fourth-order valence-corrected chi connectivity index (χ4v) is 3.51. The van der Waals surface area contributed by atoms with E-state index in [2.05, 4.69) is 49.4 Å². The molecular weight excluding hydrogens is 280 g/mol. The van der Waals surface area contributed by atoms with E-state index in [0.717, 1.165) is 24.8 Å². The zero-order valence-electron chi connectivity index (χ0n) is 13.8. The molecule has 0 radical (unpaired) electrons. The van der Waals surface area contributed by atoms with E-state index >= 15 is 0 Å². The number of Topliss-reactive ketones (excluding diaryl/α,β-unsaturated/α-hetero) is 1. The molecule has 1 atom stereocenters. The summed E-state index contributed by atoms with van der Waals surface area (Å²) in [5.41, 5.74) is 2.92. The number of unbranched alkanes of at least 4 members (excludes halogenated alkanes) is 2. The lowest BCUT2D eigenvalue weighted by Crippen LogP contribution is -2.28. The van der Waals surface area contributed by atoms with Gasteiger partial charge in [0.2, 0.25) is 0 Å². The summed E-state index contributed by atoms with van der Waals surface area (Å²) in [5, 5.41) is 0. The Labute approximate surface area is 139 Å². The number of allylic oxidation sites excluding steroid dienone is 2. The van der Waals surface area contributed by atoms with Crippen molar-refractivity contribution in [1.82, 2.24) is 0 Å². The molecule has 0 N–H and O–H groups in total. The second-order valence-electron chi connectivity index (χ2n) is 6.53. The van der Waals surface area contributed by atoms with Gasteiger partial charge in [-0.1, -0.05) is 86.5 Å². The van der Waals surface area contributed by atoms with E-state index < -0.39 is 5.41 Å². The van der Waals surface area contributed by atoms with Crippen LogP contribution in [0.5, 0.6) is 0 Å². The molecule has 1 aliphatic rings. The third-order valence-electron chi connectivity index (χ3n) is 4.74. The van der Waals surface area contributed by atoms with Crippen molar-refractivity contribution in [2.75, 3.05) is 0 Å². The highest BCUT2D eigenvalue weighted by atomic mass is 16.1. The monoisotopic (exact) mass is 304 g/mol. The Hall–Kier alpha value is -2.15. The number of carbonyl (C=O) groups is 1. The van der Waals surface area contributed by atoms with Crippen LogP contribution < -0.4 is 0 Å². The first-order valence-corrected chi connectivity index (χ1v) is 8.59. The van der Waals surface area contributed by atoms with Crippen LogP contribution in [-0.2, 0) is 12.8 Å². The molecule has 0 bridgehead atoms. The van der Waals surface area contributed by atoms with Gasteiger partial charge in [0.15, 0.2) is 5.78 Å². The van der Waals surface area contributed by atoms with E-state index in [9.17, 15) is 4.79 Å². The quantitative estimate of drug-likeness (QED) is 0.516. The molecule has 1 aliphatic carbocycles. The summed E-state index contributed by atoms with van der Waals surface area (Å²) in [7, 11) is 0. The normalized spacial score (nSPS) is 20.1. The van der Waals surface area contributed by atoms with Gasteiger partial charge in [-0.15, -0.1) is 0 Å². The van der Waals surface area contributed by atoms with Crippen LogP contribution in [0.3, 0.4) is 0 Å². The van der Waals surface area contributed by atoms with Gasteiger partial charge in [-0.3, -0.25) is 4.79 Å². The molecule has 2 aromatic rings. The molecule has 2 aromatic carbocycles. The Morgan fingerprint density at radius 3 is 2.52 bits per heavy atom. The molecule has 1 heteroatoms. The maximum atomic E-state index is 13.1. The predicted octanol–water partition coefficient (Wildman–Crippen LogP) is 5.40. The molecule has 0 aliphatic heterocycles. The molecule has 0 aromatic heterocycles. The van der Waals surface area contributed by atoms with Crippen LogP contribution in [0.1, 0.15) is 47.7 Å². The van der Waals surface area contributed by atoms with Crippen molar-refractivity contribution < 1.29 is 4.79 Å². The third kappa shape index (κ3) is 3.29. The average molecular weight is 304 g/mol. The highest BCUT2D eigenvalue weighted by molar-refractivity contribution is 6.06. The third-order valence-corrected chi connectivity index (χ3v) is 4.74. The van der Waals surface area contributed by atoms with Gasteiger partial charge < -0.3 is 0 Å². The van der Waals surface area contributed by atoms with E-state index in [1.54, 1.807) is 0 Å². The van der Waals surface area contributed by atoms with Gasteiger partial charge in [0.1, 0.15) is 0 Å². The minimum Gasteiger partial charge on any atom is -0.293 e.